The Kier molecular flexibility index (Phi) is 5.87. The number of aliphatic hydroxyl groups excluding tert-OH is 1. The highest BCUT2D eigenvalue weighted by Gasteiger charge is 2.17. The fourth-order valence-electron chi connectivity index (χ4n) is 0.855. The van der Waals surface area contributed by atoms with Crippen LogP contribution in [-0.2, 0) is 9.59 Å². The van der Waals surface area contributed by atoms with Crippen molar-refractivity contribution in [1.82, 2.24) is 10.6 Å². The summed E-state index contributed by atoms with van der Waals surface area (Å²) in [5.74, 6) is -1.36. The van der Waals surface area contributed by atoms with Crippen molar-refractivity contribution in [2.45, 2.75) is 39.3 Å². The van der Waals surface area contributed by atoms with Gasteiger partial charge in [-0.3, -0.25) is 9.59 Å². The zero-order valence-electron chi connectivity index (χ0n) is 8.83. The van der Waals surface area contributed by atoms with Gasteiger partial charge in [-0.05, 0) is 20.3 Å². The number of carbonyl (C=O) groups excluding carboxylic acids is 2. The normalized spacial score (nSPS) is 12.4. The van der Waals surface area contributed by atoms with Gasteiger partial charge in [0.1, 0.15) is 0 Å². The van der Waals surface area contributed by atoms with Crippen molar-refractivity contribution < 1.29 is 14.7 Å². The van der Waals surface area contributed by atoms with E-state index in [1.165, 1.54) is 0 Å². The molecule has 0 radical (unpaired) electrons. The molecule has 0 aromatic heterocycles. The Labute approximate surface area is 83.9 Å². The minimum Gasteiger partial charge on any atom is -0.394 e. The summed E-state index contributed by atoms with van der Waals surface area (Å²) in [4.78, 5) is 22.3. The summed E-state index contributed by atoms with van der Waals surface area (Å²) in [7, 11) is 0. The molecule has 0 aliphatic rings. The van der Waals surface area contributed by atoms with E-state index < -0.39 is 11.8 Å². The second kappa shape index (κ2) is 6.37. The fraction of sp³-hybridized carbons (Fsp3) is 0.778. The van der Waals surface area contributed by atoms with Crippen LogP contribution < -0.4 is 10.6 Å². The Morgan fingerprint density at radius 1 is 1.21 bits per heavy atom. The third-order valence-corrected chi connectivity index (χ3v) is 1.67. The van der Waals surface area contributed by atoms with Gasteiger partial charge in [-0.15, -0.1) is 0 Å². The second-order valence-electron chi connectivity index (χ2n) is 3.39. The van der Waals surface area contributed by atoms with Gasteiger partial charge < -0.3 is 15.7 Å². The maximum absolute atomic E-state index is 11.2. The predicted molar refractivity (Wildman–Crippen MR) is 52.6 cm³/mol. The van der Waals surface area contributed by atoms with Crippen molar-refractivity contribution in [3.63, 3.8) is 0 Å². The molecule has 0 heterocycles. The van der Waals surface area contributed by atoms with Crippen LogP contribution >= 0.6 is 0 Å². The number of hydrogen-bond acceptors (Lipinski definition) is 3. The average Bonchev–Trinajstić information content (AvgIpc) is 2.12. The van der Waals surface area contributed by atoms with Crippen LogP contribution in [0.4, 0.5) is 0 Å². The molecule has 0 aliphatic carbocycles. The summed E-state index contributed by atoms with van der Waals surface area (Å²) < 4.78 is 0. The molecular weight excluding hydrogens is 184 g/mol. The van der Waals surface area contributed by atoms with Crippen LogP contribution in [0.5, 0.6) is 0 Å². The monoisotopic (exact) mass is 202 g/mol. The van der Waals surface area contributed by atoms with Crippen molar-refractivity contribution in [1.29, 1.82) is 0 Å². The zero-order valence-corrected chi connectivity index (χ0v) is 8.83. The standard InChI is InChI=1S/C9H18N2O3/c1-4-7(5-12)11-9(14)8(13)10-6(2)3/h6-7,12H,4-5H2,1-3H3,(H,10,13)(H,11,14). The number of amides is 2. The first-order chi connectivity index (χ1) is 6.51. The van der Waals surface area contributed by atoms with E-state index in [0.717, 1.165) is 0 Å². The summed E-state index contributed by atoms with van der Waals surface area (Å²) in [5.41, 5.74) is 0. The molecule has 0 spiro atoms. The molecule has 0 bridgehead atoms. The second-order valence-corrected chi connectivity index (χ2v) is 3.39. The molecule has 0 aliphatic heterocycles. The Morgan fingerprint density at radius 2 is 1.71 bits per heavy atom. The molecule has 0 aromatic carbocycles. The van der Waals surface area contributed by atoms with Crippen LogP contribution in [0.15, 0.2) is 0 Å². The van der Waals surface area contributed by atoms with Gasteiger partial charge in [-0.1, -0.05) is 6.92 Å². The molecule has 0 saturated carbocycles. The summed E-state index contributed by atoms with van der Waals surface area (Å²) >= 11 is 0. The van der Waals surface area contributed by atoms with Crippen molar-refractivity contribution in [2.24, 2.45) is 0 Å². The van der Waals surface area contributed by atoms with Crippen molar-refractivity contribution >= 4 is 11.8 Å². The van der Waals surface area contributed by atoms with Crippen LogP contribution in [0.1, 0.15) is 27.2 Å². The molecule has 5 nitrogen and oxygen atoms in total. The van der Waals surface area contributed by atoms with Crippen molar-refractivity contribution in [3.05, 3.63) is 0 Å². The van der Waals surface area contributed by atoms with Gasteiger partial charge in [0, 0.05) is 6.04 Å². The van der Waals surface area contributed by atoms with E-state index in [9.17, 15) is 9.59 Å². The van der Waals surface area contributed by atoms with Crippen LogP contribution in [0.25, 0.3) is 0 Å². The lowest BCUT2D eigenvalue weighted by atomic mass is 10.2. The van der Waals surface area contributed by atoms with Crippen LogP contribution in [0, 0.1) is 0 Å². The Hall–Kier alpha value is -1.10. The Bertz CT molecular complexity index is 200. The first kappa shape index (κ1) is 12.9. The summed E-state index contributed by atoms with van der Waals surface area (Å²) in [6, 6.07) is -0.414. The van der Waals surface area contributed by atoms with E-state index in [4.69, 9.17) is 5.11 Å². The SMILES string of the molecule is CCC(CO)NC(=O)C(=O)NC(C)C. The first-order valence-electron chi connectivity index (χ1n) is 4.73. The zero-order chi connectivity index (χ0) is 11.1. The highest BCUT2D eigenvalue weighted by molar-refractivity contribution is 6.35. The Morgan fingerprint density at radius 3 is 2.07 bits per heavy atom. The molecule has 82 valence electrons. The molecule has 2 amide bonds. The quantitative estimate of drug-likeness (QED) is 0.533. The summed E-state index contributed by atoms with van der Waals surface area (Å²) in [6.45, 7) is 5.21. The lowest BCUT2D eigenvalue weighted by molar-refractivity contribution is -0.140. The van der Waals surface area contributed by atoms with Gasteiger partial charge in [-0.2, -0.15) is 0 Å². The smallest absolute Gasteiger partial charge is 0.309 e. The summed E-state index contributed by atoms with van der Waals surface area (Å²) in [5, 5.41) is 13.7. The molecule has 14 heavy (non-hydrogen) atoms. The van der Waals surface area contributed by atoms with Crippen molar-refractivity contribution in [2.75, 3.05) is 6.61 Å². The minimum atomic E-state index is -0.695. The van der Waals surface area contributed by atoms with Gasteiger partial charge in [0.25, 0.3) is 0 Å². The fourth-order valence-corrected chi connectivity index (χ4v) is 0.855. The van der Waals surface area contributed by atoms with Crippen LogP contribution in [0.2, 0.25) is 0 Å². The van der Waals surface area contributed by atoms with E-state index in [1.807, 2.05) is 6.92 Å². The topological polar surface area (TPSA) is 78.4 Å². The molecule has 1 unspecified atom stereocenters. The molecule has 0 aromatic rings. The van der Waals surface area contributed by atoms with E-state index in [2.05, 4.69) is 10.6 Å². The average molecular weight is 202 g/mol. The minimum absolute atomic E-state index is 0.0672. The molecule has 0 fully saturated rings. The highest BCUT2D eigenvalue weighted by Crippen LogP contribution is 1.88. The maximum atomic E-state index is 11.2. The van der Waals surface area contributed by atoms with E-state index in [0.29, 0.717) is 6.42 Å². The van der Waals surface area contributed by atoms with Gasteiger partial charge >= 0.3 is 11.8 Å². The predicted octanol–water partition coefficient (Wildman–Crippen LogP) is -0.602. The molecule has 5 heteroatoms. The molecule has 1 atom stereocenters. The third kappa shape index (κ3) is 4.81. The van der Waals surface area contributed by atoms with Gasteiger partial charge in [-0.25, -0.2) is 0 Å². The summed E-state index contributed by atoms with van der Waals surface area (Å²) in [6.07, 6.45) is 0.594. The number of carbonyl (C=O) groups is 2. The Balaban J connectivity index is 4.00. The largest absolute Gasteiger partial charge is 0.394 e. The number of hydrogen-bond donors (Lipinski definition) is 3. The highest BCUT2D eigenvalue weighted by atomic mass is 16.3. The first-order valence-corrected chi connectivity index (χ1v) is 4.73. The molecular formula is C9H18N2O3. The van der Waals surface area contributed by atoms with E-state index in [-0.39, 0.29) is 18.7 Å². The molecule has 0 saturated heterocycles. The lowest BCUT2D eigenvalue weighted by Gasteiger charge is -2.14. The molecule has 3 N–H and O–H groups in total. The van der Waals surface area contributed by atoms with Gasteiger partial charge in [0.05, 0.1) is 12.6 Å². The number of nitrogens with one attached hydrogen (secondary N) is 2. The van der Waals surface area contributed by atoms with E-state index >= 15 is 0 Å². The van der Waals surface area contributed by atoms with Crippen LogP contribution in [0.3, 0.4) is 0 Å². The number of aliphatic hydroxyl groups is 1. The lowest BCUT2D eigenvalue weighted by Crippen LogP contribution is -2.47. The molecule has 0 rings (SSSR count). The van der Waals surface area contributed by atoms with Gasteiger partial charge in [0.15, 0.2) is 0 Å². The van der Waals surface area contributed by atoms with E-state index in [1.54, 1.807) is 13.8 Å². The van der Waals surface area contributed by atoms with Gasteiger partial charge in [0.2, 0.25) is 0 Å². The van der Waals surface area contributed by atoms with Crippen molar-refractivity contribution in [3.8, 4) is 0 Å². The number of rotatable bonds is 4. The third-order valence-electron chi connectivity index (χ3n) is 1.67. The maximum Gasteiger partial charge on any atom is 0.309 e. The van der Waals surface area contributed by atoms with Crippen LogP contribution in [-0.4, -0.2) is 35.6 Å².